The lowest BCUT2D eigenvalue weighted by atomic mass is 9.97. The van der Waals surface area contributed by atoms with Crippen molar-refractivity contribution in [2.75, 3.05) is 64.4 Å². The van der Waals surface area contributed by atoms with Crippen LogP contribution in [0.1, 0.15) is 26.2 Å². The lowest BCUT2D eigenvalue weighted by molar-refractivity contribution is 0.121. The second-order valence-corrected chi connectivity index (χ2v) is 7.91. The molecule has 3 rings (SSSR count). The molecule has 2 N–H and O–H groups in total. The lowest BCUT2D eigenvalue weighted by Gasteiger charge is -2.31. The van der Waals surface area contributed by atoms with E-state index in [2.05, 4.69) is 57.7 Å². The fourth-order valence-electron chi connectivity index (χ4n) is 4.10. The van der Waals surface area contributed by atoms with E-state index in [9.17, 15) is 0 Å². The van der Waals surface area contributed by atoms with Gasteiger partial charge in [0.1, 0.15) is 0 Å². The van der Waals surface area contributed by atoms with Gasteiger partial charge >= 0.3 is 0 Å². The van der Waals surface area contributed by atoms with Crippen molar-refractivity contribution in [2.24, 2.45) is 10.9 Å². The number of hydrogen-bond donors (Lipinski definition) is 2. The summed E-state index contributed by atoms with van der Waals surface area (Å²) in [5, 5.41) is 7.10. The molecule has 0 radical (unpaired) electrons. The first-order valence-corrected chi connectivity index (χ1v) is 10.8. The van der Waals surface area contributed by atoms with Crippen LogP contribution < -0.4 is 15.5 Å². The van der Waals surface area contributed by atoms with E-state index < -0.39 is 0 Å². The topological polar surface area (TPSA) is 52.1 Å². The van der Waals surface area contributed by atoms with Crippen LogP contribution in [-0.4, -0.2) is 76.4 Å². The fourth-order valence-corrected chi connectivity index (χ4v) is 4.10. The van der Waals surface area contributed by atoms with Crippen molar-refractivity contribution in [1.29, 1.82) is 0 Å². The van der Waals surface area contributed by atoms with Crippen molar-refractivity contribution < 1.29 is 4.74 Å². The Morgan fingerprint density at radius 3 is 2.64 bits per heavy atom. The number of methoxy groups -OCH3 is 1. The molecule has 2 saturated heterocycles. The maximum Gasteiger partial charge on any atom is 0.191 e. The van der Waals surface area contributed by atoms with Crippen molar-refractivity contribution in [2.45, 2.75) is 32.2 Å². The molecule has 28 heavy (non-hydrogen) atoms. The van der Waals surface area contributed by atoms with Crippen LogP contribution in [0.2, 0.25) is 0 Å². The van der Waals surface area contributed by atoms with Crippen LogP contribution in [-0.2, 0) is 4.74 Å². The van der Waals surface area contributed by atoms with Crippen molar-refractivity contribution in [3.63, 3.8) is 0 Å². The highest BCUT2D eigenvalue weighted by Crippen LogP contribution is 2.20. The number of benzene rings is 1. The van der Waals surface area contributed by atoms with Gasteiger partial charge in [-0.1, -0.05) is 18.2 Å². The largest absolute Gasteiger partial charge is 0.383 e. The molecule has 1 aromatic rings. The number of ether oxygens (including phenoxy) is 1. The summed E-state index contributed by atoms with van der Waals surface area (Å²) in [6.07, 6.45) is 3.62. The van der Waals surface area contributed by atoms with Crippen LogP contribution in [0.3, 0.4) is 0 Å². The molecular weight excluding hydrogens is 350 g/mol. The van der Waals surface area contributed by atoms with E-state index in [0.717, 1.165) is 51.7 Å². The van der Waals surface area contributed by atoms with Gasteiger partial charge in [-0.3, -0.25) is 4.99 Å². The van der Waals surface area contributed by atoms with Gasteiger partial charge in [0, 0.05) is 51.6 Å². The number of likely N-dealkylation sites (tertiary alicyclic amines) is 1. The van der Waals surface area contributed by atoms with Gasteiger partial charge < -0.3 is 25.2 Å². The molecular formula is C22H37N5O. The quantitative estimate of drug-likeness (QED) is 0.529. The van der Waals surface area contributed by atoms with E-state index in [1.54, 1.807) is 7.11 Å². The van der Waals surface area contributed by atoms with Gasteiger partial charge in [-0.2, -0.15) is 0 Å². The third-order valence-electron chi connectivity index (χ3n) is 5.82. The zero-order chi connectivity index (χ0) is 19.6. The summed E-state index contributed by atoms with van der Waals surface area (Å²) in [6, 6.07) is 11.1. The number of para-hydroxylation sites is 1. The number of piperidine rings is 1. The molecule has 1 aromatic carbocycles. The summed E-state index contributed by atoms with van der Waals surface area (Å²) in [4.78, 5) is 9.88. The summed E-state index contributed by atoms with van der Waals surface area (Å²) < 4.78 is 5.19. The first kappa shape index (κ1) is 20.9. The van der Waals surface area contributed by atoms with Crippen LogP contribution in [0.4, 0.5) is 5.69 Å². The van der Waals surface area contributed by atoms with E-state index >= 15 is 0 Å². The summed E-state index contributed by atoms with van der Waals surface area (Å²) in [7, 11) is 1.78. The van der Waals surface area contributed by atoms with Gasteiger partial charge in [0.05, 0.1) is 6.61 Å². The summed E-state index contributed by atoms with van der Waals surface area (Å²) in [5.41, 5.74) is 1.31. The first-order valence-electron chi connectivity index (χ1n) is 10.8. The van der Waals surface area contributed by atoms with Gasteiger partial charge in [0.2, 0.25) is 0 Å². The minimum Gasteiger partial charge on any atom is -0.383 e. The molecule has 2 aliphatic heterocycles. The smallest absolute Gasteiger partial charge is 0.191 e. The molecule has 2 aliphatic rings. The lowest BCUT2D eigenvalue weighted by Crippen LogP contribution is -2.45. The molecule has 0 saturated carbocycles. The Morgan fingerprint density at radius 2 is 1.93 bits per heavy atom. The third-order valence-corrected chi connectivity index (χ3v) is 5.82. The Kier molecular flexibility index (Phi) is 8.42. The Morgan fingerprint density at radius 1 is 1.14 bits per heavy atom. The SMILES string of the molecule is CCNC(=NCC1CCN(CCOC)CC1)NC1CCN(c2ccccc2)C1. The van der Waals surface area contributed by atoms with Gasteiger partial charge in [0.15, 0.2) is 5.96 Å². The Balaban J connectivity index is 1.45. The molecule has 0 aromatic heterocycles. The zero-order valence-corrected chi connectivity index (χ0v) is 17.6. The standard InChI is InChI=1S/C22H37N5O/c1-3-23-22(24-17-19-9-12-26(13-10-19)15-16-28-2)25-20-11-14-27(18-20)21-7-5-4-6-8-21/h4-8,19-20H,3,9-18H2,1-2H3,(H2,23,24,25). The minimum absolute atomic E-state index is 0.453. The van der Waals surface area contributed by atoms with E-state index in [0.29, 0.717) is 12.0 Å². The van der Waals surface area contributed by atoms with E-state index in [4.69, 9.17) is 9.73 Å². The highest BCUT2D eigenvalue weighted by atomic mass is 16.5. The van der Waals surface area contributed by atoms with Crippen molar-refractivity contribution >= 4 is 11.6 Å². The molecule has 6 heteroatoms. The highest BCUT2D eigenvalue weighted by Gasteiger charge is 2.24. The maximum absolute atomic E-state index is 5.19. The maximum atomic E-state index is 5.19. The second kappa shape index (κ2) is 11.3. The molecule has 0 spiro atoms. The van der Waals surface area contributed by atoms with E-state index in [-0.39, 0.29) is 0 Å². The van der Waals surface area contributed by atoms with Crippen LogP contribution in [0.5, 0.6) is 0 Å². The monoisotopic (exact) mass is 387 g/mol. The normalized spacial score (nSPS) is 21.9. The van der Waals surface area contributed by atoms with Gasteiger partial charge in [-0.05, 0) is 57.3 Å². The number of nitrogens with one attached hydrogen (secondary N) is 2. The average molecular weight is 388 g/mol. The van der Waals surface area contributed by atoms with E-state index in [1.165, 1.54) is 31.6 Å². The van der Waals surface area contributed by atoms with Crippen molar-refractivity contribution in [3.8, 4) is 0 Å². The number of rotatable bonds is 8. The molecule has 1 unspecified atom stereocenters. The predicted molar refractivity (Wildman–Crippen MR) is 117 cm³/mol. The number of hydrogen-bond acceptors (Lipinski definition) is 4. The Labute approximate surface area is 170 Å². The molecule has 0 bridgehead atoms. The van der Waals surface area contributed by atoms with Gasteiger partial charge in [-0.15, -0.1) is 0 Å². The molecule has 156 valence electrons. The third kappa shape index (κ3) is 6.38. The van der Waals surface area contributed by atoms with Gasteiger partial charge in [-0.25, -0.2) is 0 Å². The van der Waals surface area contributed by atoms with Crippen molar-refractivity contribution in [3.05, 3.63) is 30.3 Å². The number of guanidine groups is 1. The highest BCUT2D eigenvalue weighted by molar-refractivity contribution is 5.80. The van der Waals surface area contributed by atoms with Crippen LogP contribution in [0.25, 0.3) is 0 Å². The molecule has 2 fully saturated rings. The molecule has 1 atom stereocenters. The summed E-state index contributed by atoms with van der Waals surface area (Å²) >= 11 is 0. The fraction of sp³-hybridized carbons (Fsp3) is 0.682. The Bertz CT molecular complexity index is 586. The average Bonchev–Trinajstić information content (AvgIpc) is 3.20. The van der Waals surface area contributed by atoms with Crippen LogP contribution >= 0.6 is 0 Å². The number of nitrogens with zero attached hydrogens (tertiary/aromatic N) is 3. The first-order chi connectivity index (χ1) is 13.8. The van der Waals surface area contributed by atoms with Crippen molar-refractivity contribution in [1.82, 2.24) is 15.5 Å². The van der Waals surface area contributed by atoms with Gasteiger partial charge in [0.25, 0.3) is 0 Å². The molecule has 0 amide bonds. The van der Waals surface area contributed by atoms with Crippen LogP contribution in [0, 0.1) is 5.92 Å². The summed E-state index contributed by atoms with van der Waals surface area (Å²) in [5.74, 6) is 1.67. The molecule has 0 aliphatic carbocycles. The van der Waals surface area contributed by atoms with Crippen LogP contribution in [0.15, 0.2) is 35.3 Å². The predicted octanol–water partition coefficient (Wildman–Crippen LogP) is 2.18. The molecule has 2 heterocycles. The number of anilines is 1. The van der Waals surface area contributed by atoms with E-state index in [1.807, 2.05) is 0 Å². The Hall–Kier alpha value is -1.79. The zero-order valence-electron chi connectivity index (χ0n) is 17.6. The second-order valence-electron chi connectivity index (χ2n) is 7.91. The minimum atomic E-state index is 0.453. The summed E-state index contributed by atoms with van der Waals surface area (Å²) in [6.45, 7) is 10.3. The number of aliphatic imine (C=N–C) groups is 1. The molecule has 6 nitrogen and oxygen atoms in total.